The van der Waals surface area contributed by atoms with Gasteiger partial charge in [0.25, 0.3) is 0 Å². The molecule has 0 spiro atoms. The molecule has 1 fully saturated rings. The molecule has 0 heterocycles. The van der Waals surface area contributed by atoms with Crippen LogP contribution in [-0.2, 0) is 14.2 Å². The second-order valence-electron chi connectivity index (χ2n) is 5.19. The van der Waals surface area contributed by atoms with Gasteiger partial charge in [-0.05, 0) is 50.9 Å². The highest BCUT2D eigenvalue weighted by molar-refractivity contribution is 4.85. The summed E-state index contributed by atoms with van der Waals surface area (Å²) in [6, 6.07) is 0. The standard InChI is InChI=1S/C15H30O4/c1-2-17-11-12-19-9-4-6-15-13-14(15)5-3-8-18-10-7-16/h14-16H,2-13H2,1H3/t14-,15+/m1/s1. The fourth-order valence-electron chi connectivity index (χ4n) is 2.44. The maximum atomic E-state index is 8.57. The van der Waals surface area contributed by atoms with Gasteiger partial charge in [0.05, 0.1) is 26.4 Å². The van der Waals surface area contributed by atoms with Crippen molar-refractivity contribution < 1.29 is 19.3 Å². The highest BCUT2D eigenvalue weighted by Gasteiger charge is 2.35. The van der Waals surface area contributed by atoms with E-state index in [1.165, 1.54) is 25.7 Å². The van der Waals surface area contributed by atoms with Crippen LogP contribution in [0, 0.1) is 11.8 Å². The summed E-state index contributed by atoms with van der Waals surface area (Å²) in [6.45, 7) is 6.50. The lowest BCUT2D eigenvalue weighted by atomic mass is 10.1. The highest BCUT2D eigenvalue weighted by Crippen LogP contribution is 2.45. The molecule has 1 rings (SSSR count). The number of rotatable bonds is 14. The fraction of sp³-hybridized carbons (Fsp3) is 1.00. The lowest BCUT2D eigenvalue weighted by molar-refractivity contribution is 0.0509. The molecule has 1 N–H and O–H groups in total. The molecule has 0 aromatic heterocycles. The molecule has 0 aromatic rings. The van der Waals surface area contributed by atoms with Gasteiger partial charge in [-0.2, -0.15) is 0 Å². The van der Waals surface area contributed by atoms with Crippen molar-refractivity contribution in [3.8, 4) is 0 Å². The molecule has 0 aliphatic heterocycles. The molecule has 0 bridgehead atoms. The third-order valence-electron chi connectivity index (χ3n) is 3.61. The summed E-state index contributed by atoms with van der Waals surface area (Å²) in [4.78, 5) is 0. The van der Waals surface area contributed by atoms with Crippen LogP contribution in [0.5, 0.6) is 0 Å². The third-order valence-corrected chi connectivity index (χ3v) is 3.61. The van der Waals surface area contributed by atoms with Crippen molar-refractivity contribution >= 4 is 0 Å². The first kappa shape index (κ1) is 16.9. The van der Waals surface area contributed by atoms with Gasteiger partial charge in [-0.15, -0.1) is 0 Å². The van der Waals surface area contributed by atoms with Gasteiger partial charge < -0.3 is 19.3 Å². The molecule has 4 nitrogen and oxygen atoms in total. The van der Waals surface area contributed by atoms with Crippen LogP contribution in [-0.4, -0.2) is 51.4 Å². The Bertz CT molecular complexity index is 199. The summed E-state index contributed by atoms with van der Waals surface area (Å²) in [5, 5.41) is 8.57. The number of hydrogen-bond donors (Lipinski definition) is 1. The van der Waals surface area contributed by atoms with E-state index < -0.39 is 0 Å². The van der Waals surface area contributed by atoms with E-state index in [9.17, 15) is 0 Å². The highest BCUT2D eigenvalue weighted by atomic mass is 16.5. The summed E-state index contributed by atoms with van der Waals surface area (Å²) < 4.78 is 16.0. The molecule has 0 radical (unpaired) electrons. The Morgan fingerprint density at radius 2 is 1.42 bits per heavy atom. The molecular weight excluding hydrogens is 244 g/mol. The second-order valence-corrected chi connectivity index (χ2v) is 5.19. The van der Waals surface area contributed by atoms with E-state index in [2.05, 4.69) is 0 Å². The maximum Gasteiger partial charge on any atom is 0.0700 e. The first-order valence-corrected chi connectivity index (χ1v) is 7.72. The van der Waals surface area contributed by atoms with Crippen molar-refractivity contribution in [3.05, 3.63) is 0 Å². The summed E-state index contributed by atoms with van der Waals surface area (Å²) in [7, 11) is 0. The predicted molar refractivity (Wildman–Crippen MR) is 75.3 cm³/mol. The molecule has 0 aromatic carbocycles. The van der Waals surface area contributed by atoms with Crippen molar-refractivity contribution in [2.24, 2.45) is 11.8 Å². The molecule has 114 valence electrons. The lowest BCUT2D eigenvalue weighted by Gasteiger charge is -2.04. The lowest BCUT2D eigenvalue weighted by Crippen LogP contribution is -2.05. The molecular formula is C15H30O4. The Kier molecular flexibility index (Phi) is 10.4. The zero-order valence-corrected chi connectivity index (χ0v) is 12.3. The first-order chi connectivity index (χ1) is 9.38. The van der Waals surface area contributed by atoms with Crippen LogP contribution in [0.25, 0.3) is 0 Å². The van der Waals surface area contributed by atoms with Crippen LogP contribution in [0.4, 0.5) is 0 Å². The van der Waals surface area contributed by atoms with Crippen LogP contribution in [0.2, 0.25) is 0 Å². The zero-order valence-electron chi connectivity index (χ0n) is 12.3. The number of aliphatic hydroxyl groups excluding tert-OH is 1. The minimum Gasteiger partial charge on any atom is -0.394 e. The number of ether oxygens (including phenoxy) is 3. The molecule has 19 heavy (non-hydrogen) atoms. The van der Waals surface area contributed by atoms with Crippen molar-refractivity contribution in [1.82, 2.24) is 0 Å². The Hall–Kier alpha value is -0.160. The van der Waals surface area contributed by atoms with Gasteiger partial charge in [0.1, 0.15) is 0 Å². The SMILES string of the molecule is CCOCCOCCC[C@H]1C[C@H]1CCCOCCO. The van der Waals surface area contributed by atoms with Crippen molar-refractivity contribution in [3.63, 3.8) is 0 Å². The van der Waals surface area contributed by atoms with Crippen LogP contribution < -0.4 is 0 Å². The van der Waals surface area contributed by atoms with Gasteiger partial charge in [-0.3, -0.25) is 0 Å². The second kappa shape index (κ2) is 11.6. The van der Waals surface area contributed by atoms with Gasteiger partial charge in [0.15, 0.2) is 0 Å². The van der Waals surface area contributed by atoms with E-state index in [0.717, 1.165) is 51.3 Å². The quantitative estimate of drug-likeness (QED) is 0.494. The zero-order chi connectivity index (χ0) is 13.8. The molecule has 0 unspecified atom stereocenters. The molecule has 1 aliphatic rings. The summed E-state index contributed by atoms with van der Waals surface area (Å²) in [5.74, 6) is 1.84. The van der Waals surface area contributed by atoms with Gasteiger partial charge >= 0.3 is 0 Å². The van der Waals surface area contributed by atoms with E-state index in [4.69, 9.17) is 19.3 Å². The third kappa shape index (κ3) is 9.38. The predicted octanol–water partition coefficient (Wildman–Crippen LogP) is 2.24. The molecule has 4 heteroatoms. The molecule has 2 atom stereocenters. The summed E-state index contributed by atoms with van der Waals surface area (Å²) in [6.07, 6.45) is 6.28. The molecule has 0 amide bonds. The van der Waals surface area contributed by atoms with E-state index >= 15 is 0 Å². The minimum atomic E-state index is 0.134. The Morgan fingerprint density at radius 1 is 0.842 bits per heavy atom. The van der Waals surface area contributed by atoms with E-state index in [-0.39, 0.29) is 6.61 Å². The minimum absolute atomic E-state index is 0.134. The normalized spacial score (nSPS) is 21.8. The average Bonchev–Trinajstić information content (AvgIpc) is 3.16. The Balaban J connectivity index is 1.76. The first-order valence-electron chi connectivity index (χ1n) is 7.72. The topological polar surface area (TPSA) is 47.9 Å². The van der Waals surface area contributed by atoms with Crippen LogP contribution in [0.15, 0.2) is 0 Å². The van der Waals surface area contributed by atoms with Gasteiger partial charge in [-0.25, -0.2) is 0 Å². The van der Waals surface area contributed by atoms with Gasteiger partial charge in [0, 0.05) is 19.8 Å². The van der Waals surface area contributed by atoms with Gasteiger partial charge in [0.2, 0.25) is 0 Å². The van der Waals surface area contributed by atoms with Crippen LogP contribution >= 0.6 is 0 Å². The molecule has 1 saturated carbocycles. The summed E-state index contributed by atoms with van der Waals surface area (Å²) in [5.41, 5.74) is 0. The van der Waals surface area contributed by atoms with Crippen molar-refractivity contribution in [1.29, 1.82) is 0 Å². The van der Waals surface area contributed by atoms with Crippen LogP contribution in [0.1, 0.15) is 39.0 Å². The number of aliphatic hydroxyl groups is 1. The monoisotopic (exact) mass is 274 g/mol. The van der Waals surface area contributed by atoms with E-state index in [0.29, 0.717) is 6.61 Å². The van der Waals surface area contributed by atoms with E-state index in [1.807, 2.05) is 6.92 Å². The van der Waals surface area contributed by atoms with E-state index in [1.54, 1.807) is 0 Å². The molecule has 0 saturated heterocycles. The molecule has 1 aliphatic carbocycles. The largest absolute Gasteiger partial charge is 0.394 e. The number of hydrogen-bond acceptors (Lipinski definition) is 4. The van der Waals surface area contributed by atoms with Crippen molar-refractivity contribution in [2.75, 3.05) is 46.2 Å². The average molecular weight is 274 g/mol. The Morgan fingerprint density at radius 3 is 2.00 bits per heavy atom. The fourth-order valence-corrected chi connectivity index (χ4v) is 2.44. The summed E-state index contributed by atoms with van der Waals surface area (Å²) >= 11 is 0. The van der Waals surface area contributed by atoms with Crippen LogP contribution in [0.3, 0.4) is 0 Å². The Labute approximate surface area is 117 Å². The van der Waals surface area contributed by atoms with Crippen molar-refractivity contribution in [2.45, 2.75) is 39.0 Å². The maximum absolute atomic E-state index is 8.57. The smallest absolute Gasteiger partial charge is 0.0700 e. The van der Waals surface area contributed by atoms with Gasteiger partial charge in [-0.1, -0.05) is 0 Å².